The average molecular weight is 257 g/mol. The monoisotopic (exact) mass is 257 g/mol. The maximum atomic E-state index is 10.6. The molecule has 0 saturated carbocycles. The van der Waals surface area contributed by atoms with Gasteiger partial charge in [0.05, 0.1) is 18.6 Å². The van der Waals surface area contributed by atoms with Gasteiger partial charge in [-0.2, -0.15) is 13.2 Å². The summed E-state index contributed by atoms with van der Waals surface area (Å²) < 4.78 is 36.7. The van der Waals surface area contributed by atoms with E-state index in [9.17, 15) is 18.0 Å². The van der Waals surface area contributed by atoms with Gasteiger partial charge in [0.1, 0.15) is 6.04 Å². The first-order valence-corrected chi connectivity index (χ1v) is 4.53. The maximum absolute atomic E-state index is 10.6. The molecule has 0 aromatic heterocycles. The van der Waals surface area contributed by atoms with Crippen molar-refractivity contribution < 1.29 is 37.7 Å². The van der Waals surface area contributed by atoms with Crippen LogP contribution in [0.3, 0.4) is 0 Å². The van der Waals surface area contributed by atoms with Gasteiger partial charge in [-0.05, 0) is 0 Å². The number of rotatable bonds is 1. The minimum Gasteiger partial charge on any atom is -0.480 e. The summed E-state index contributed by atoms with van der Waals surface area (Å²) in [6.45, 7) is 2.01. The Morgan fingerprint density at radius 1 is 1.29 bits per heavy atom. The zero-order valence-electron chi connectivity index (χ0n) is 8.45. The first kappa shape index (κ1) is 13.7. The summed E-state index contributed by atoms with van der Waals surface area (Å²) in [4.78, 5) is 19.4. The molecule has 2 rings (SSSR count). The number of carboxylic acid groups (broad SMARTS) is 2. The maximum Gasteiger partial charge on any atom is 0.490 e. The quantitative estimate of drug-likeness (QED) is 0.596. The number of hydrogen-bond donors (Lipinski definition) is 3. The van der Waals surface area contributed by atoms with Crippen molar-refractivity contribution in [3.63, 3.8) is 0 Å². The van der Waals surface area contributed by atoms with Crippen LogP contribution < -0.4 is 5.32 Å². The van der Waals surface area contributed by atoms with Crippen molar-refractivity contribution in [3.05, 3.63) is 0 Å². The zero-order chi connectivity index (χ0) is 13.3. The molecule has 2 aliphatic heterocycles. The Balaban J connectivity index is 0.000000185. The smallest absolute Gasteiger partial charge is 0.480 e. The number of alkyl halides is 3. The lowest BCUT2D eigenvalue weighted by Gasteiger charge is -2.53. The summed E-state index contributed by atoms with van der Waals surface area (Å²) in [6, 6.07) is -0.360. The standard InChI is InChI=1S/C6H9NO3.C2HF3O2/c8-5(9)4-6(1-7-4)2-10-3-6;3-2(4,5)1(6)7/h4,7H,1-3H2,(H,8,9);(H,6,7). The molecule has 2 aliphatic rings. The lowest BCUT2D eigenvalue weighted by Crippen LogP contribution is -2.73. The fraction of sp³-hybridized carbons (Fsp3) is 0.750. The number of carbonyl (C=O) groups is 2. The summed E-state index contributed by atoms with van der Waals surface area (Å²) in [5.41, 5.74) is -0.0498. The van der Waals surface area contributed by atoms with Crippen LogP contribution in [-0.4, -0.2) is 54.1 Å². The van der Waals surface area contributed by atoms with Gasteiger partial charge in [-0.1, -0.05) is 0 Å². The number of ether oxygens (including phenoxy) is 1. The second kappa shape index (κ2) is 4.49. The van der Waals surface area contributed by atoms with Crippen LogP contribution in [0.25, 0.3) is 0 Å². The minimum atomic E-state index is -5.08. The van der Waals surface area contributed by atoms with Crippen molar-refractivity contribution in [2.75, 3.05) is 19.8 Å². The Bertz CT molecular complexity index is 320. The van der Waals surface area contributed by atoms with Crippen LogP contribution in [0.4, 0.5) is 13.2 Å². The molecule has 1 spiro atoms. The molecule has 0 aromatic rings. The molecular formula is C8H10F3NO5. The normalized spacial score (nSPS) is 25.0. The van der Waals surface area contributed by atoms with Crippen LogP contribution in [0.1, 0.15) is 0 Å². The lowest BCUT2D eigenvalue weighted by atomic mass is 9.72. The van der Waals surface area contributed by atoms with Crippen LogP contribution in [0, 0.1) is 5.41 Å². The first-order valence-electron chi connectivity index (χ1n) is 4.53. The Kier molecular flexibility index (Phi) is 3.62. The van der Waals surface area contributed by atoms with Crippen LogP contribution in [0.5, 0.6) is 0 Å². The summed E-state index contributed by atoms with van der Waals surface area (Å²) in [5.74, 6) is -3.51. The number of hydrogen-bond acceptors (Lipinski definition) is 4. The zero-order valence-corrected chi connectivity index (χ0v) is 8.45. The van der Waals surface area contributed by atoms with E-state index in [1.165, 1.54) is 0 Å². The molecule has 0 aromatic carbocycles. The molecule has 9 heteroatoms. The van der Waals surface area contributed by atoms with E-state index in [1.54, 1.807) is 0 Å². The van der Waals surface area contributed by atoms with E-state index in [0.717, 1.165) is 6.54 Å². The summed E-state index contributed by atoms with van der Waals surface area (Å²) >= 11 is 0. The van der Waals surface area contributed by atoms with E-state index < -0.39 is 18.1 Å². The van der Waals surface area contributed by atoms with E-state index in [1.807, 2.05) is 0 Å². The van der Waals surface area contributed by atoms with E-state index in [0.29, 0.717) is 13.2 Å². The van der Waals surface area contributed by atoms with Gasteiger partial charge in [-0.25, -0.2) is 4.79 Å². The molecule has 1 atom stereocenters. The molecule has 2 saturated heterocycles. The van der Waals surface area contributed by atoms with Crippen LogP contribution in [0.15, 0.2) is 0 Å². The third-order valence-electron chi connectivity index (χ3n) is 2.54. The SMILES string of the molecule is O=C(O)C(F)(F)F.O=C(O)C1NCC12COC2. The molecule has 2 heterocycles. The molecule has 0 radical (unpaired) electrons. The number of carboxylic acids is 2. The molecule has 0 aliphatic carbocycles. The van der Waals surface area contributed by atoms with Crippen molar-refractivity contribution in [2.45, 2.75) is 12.2 Å². The highest BCUT2D eigenvalue weighted by Gasteiger charge is 2.55. The van der Waals surface area contributed by atoms with E-state index in [2.05, 4.69) is 5.32 Å². The lowest BCUT2D eigenvalue weighted by molar-refractivity contribution is -0.192. The first-order chi connectivity index (χ1) is 7.69. The van der Waals surface area contributed by atoms with Crippen LogP contribution >= 0.6 is 0 Å². The predicted molar refractivity (Wildman–Crippen MR) is 46.4 cm³/mol. The van der Waals surface area contributed by atoms with Crippen molar-refractivity contribution >= 4 is 11.9 Å². The van der Waals surface area contributed by atoms with Gasteiger partial charge >= 0.3 is 18.1 Å². The predicted octanol–water partition coefficient (Wildman–Crippen LogP) is -0.307. The Morgan fingerprint density at radius 3 is 1.82 bits per heavy atom. The molecule has 0 amide bonds. The Morgan fingerprint density at radius 2 is 1.76 bits per heavy atom. The fourth-order valence-electron chi connectivity index (χ4n) is 1.48. The molecule has 1 unspecified atom stereocenters. The summed E-state index contributed by atoms with van der Waals surface area (Å²) in [6.07, 6.45) is -5.08. The average Bonchev–Trinajstić information content (AvgIpc) is 1.96. The Labute approximate surface area is 93.4 Å². The molecular weight excluding hydrogens is 247 g/mol. The van der Waals surface area contributed by atoms with Crippen LogP contribution in [0.2, 0.25) is 0 Å². The number of aliphatic carboxylic acids is 2. The van der Waals surface area contributed by atoms with Crippen molar-refractivity contribution in [1.29, 1.82) is 0 Å². The van der Waals surface area contributed by atoms with Gasteiger partial charge < -0.3 is 20.3 Å². The largest absolute Gasteiger partial charge is 0.490 e. The third kappa shape index (κ3) is 2.86. The molecule has 17 heavy (non-hydrogen) atoms. The molecule has 0 bridgehead atoms. The molecule has 6 nitrogen and oxygen atoms in total. The minimum absolute atomic E-state index is 0.0498. The van der Waals surface area contributed by atoms with Gasteiger partial charge in [0.15, 0.2) is 0 Å². The summed E-state index contributed by atoms with van der Waals surface area (Å²) in [7, 11) is 0. The summed E-state index contributed by atoms with van der Waals surface area (Å²) in [5, 5.41) is 18.6. The van der Waals surface area contributed by atoms with Gasteiger partial charge in [-0.3, -0.25) is 4.79 Å². The Hall–Kier alpha value is -1.35. The van der Waals surface area contributed by atoms with Crippen LogP contribution in [-0.2, 0) is 14.3 Å². The second-order valence-corrected chi connectivity index (χ2v) is 3.81. The fourth-order valence-corrected chi connectivity index (χ4v) is 1.48. The van der Waals surface area contributed by atoms with Crippen molar-refractivity contribution in [3.8, 4) is 0 Å². The van der Waals surface area contributed by atoms with E-state index >= 15 is 0 Å². The van der Waals surface area contributed by atoms with Gasteiger partial charge in [-0.15, -0.1) is 0 Å². The second-order valence-electron chi connectivity index (χ2n) is 3.81. The van der Waals surface area contributed by atoms with Crippen molar-refractivity contribution in [1.82, 2.24) is 5.32 Å². The topological polar surface area (TPSA) is 95.9 Å². The van der Waals surface area contributed by atoms with Crippen molar-refractivity contribution in [2.24, 2.45) is 5.41 Å². The van der Waals surface area contributed by atoms with Gasteiger partial charge in [0, 0.05) is 6.54 Å². The number of nitrogens with one attached hydrogen (secondary N) is 1. The highest BCUT2D eigenvalue weighted by atomic mass is 19.4. The van der Waals surface area contributed by atoms with Gasteiger partial charge in [0.2, 0.25) is 0 Å². The van der Waals surface area contributed by atoms with Gasteiger partial charge in [0.25, 0.3) is 0 Å². The highest BCUT2D eigenvalue weighted by molar-refractivity contribution is 5.76. The number of halogens is 3. The van der Waals surface area contributed by atoms with E-state index in [-0.39, 0.29) is 11.5 Å². The molecule has 3 N–H and O–H groups in total. The third-order valence-corrected chi connectivity index (χ3v) is 2.54. The molecule has 2 fully saturated rings. The molecule has 98 valence electrons. The highest BCUT2D eigenvalue weighted by Crippen LogP contribution is 2.37. The van der Waals surface area contributed by atoms with E-state index in [4.69, 9.17) is 19.7 Å².